The summed E-state index contributed by atoms with van der Waals surface area (Å²) in [4.78, 5) is 10.5. The van der Waals surface area contributed by atoms with Gasteiger partial charge in [-0.2, -0.15) is 0 Å². The molecule has 0 aliphatic carbocycles. The summed E-state index contributed by atoms with van der Waals surface area (Å²) in [5, 5.41) is 10.5. The summed E-state index contributed by atoms with van der Waals surface area (Å²) in [6.07, 6.45) is -0.696. The molecule has 0 rings (SSSR count). The van der Waals surface area contributed by atoms with Crippen LogP contribution in [-0.2, 0) is 4.79 Å². The standard InChI is InChI=1S/C9H13F3O2/c10-4-1-7(2-5-11)8(3-6-12)9(13)14/h1-6H2,(H,13,14)/p-1. The third-order valence-electron chi connectivity index (χ3n) is 1.81. The number of carboxylic acids is 1. The van der Waals surface area contributed by atoms with E-state index in [-0.39, 0.29) is 30.4 Å². The second kappa shape index (κ2) is 7.41. The fraction of sp³-hybridized carbons (Fsp3) is 0.667. The highest BCUT2D eigenvalue weighted by atomic mass is 19.1. The second-order valence-corrected chi connectivity index (χ2v) is 2.69. The van der Waals surface area contributed by atoms with E-state index in [0.29, 0.717) is 0 Å². The molecule has 0 unspecified atom stereocenters. The molecule has 0 N–H and O–H groups in total. The number of carboxylic acid groups (broad SMARTS) is 1. The van der Waals surface area contributed by atoms with E-state index in [1.165, 1.54) is 0 Å². The molecule has 14 heavy (non-hydrogen) atoms. The van der Waals surface area contributed by atoms with Crippen molar-refractivity contribution in [1.29, 1.82) is 0 Å². The lowest BCUT2D eigenvalue weighted by Gasteiger charge is -2.13. The average molecular weight is 209 g/mol. The van der Waals surface area contributed by atoms with Gasteiger partial charge in [0.2, 0.25) is 0 Å². The zero-order valence-corrected chi connectivity index (χ0v) is 7.69. The summed E-state index contributed by atoms with van der Waals surface area (Å²) >= 11 is 0. The van der Waals surface area contributed by atoms with E-state index in [4.69, 9.17) is 0 Å². The molecule has 5 heteroatoms. The topological polar surface area (TPSA) is 40.1 Å². The molecular formula is C9H12F3O2-. The Labute approximate surface area is 80.4 Å². The van der Waals surface area contributed by atoms with Crippen molar-refractivity contribution < 1.29 is 23.1 Å². The first-order valence-corrected chi connectivity index (χ1v) is 4.27. The van der Waals surface area contributed by atoms with Crippen molar-refractivity contribution in [3.8, 4) is 0 Å². The Kier molecular flexibility index (Phi) is 6.88. The number of aliphatic carboxylic acids is 1. The van der Waals surface area contributed by atoms with Crippen molar-refractivity contribution in [3.05, 3.63) is 11.1 Å². The van der Waals surface area contributed by atoms with Crippen molar-refractivity contribution >= 4 is 5.97 Å². The van der Waals surface area contributed by atoms with Crippen LogP contribution in [0.3, 0.4) is 0 Å². The van der Waals surface area contributed by atoms with E-state index in [0.717, 1.165) is 0 Å². The Morgan fingerprint density at radius 3 is 1.64 bits per heavy atom. The zero-order chi connectivity index (χ0) is 11.0. The Balaban J connectivity index is 4.72. The number of carbonyl (C=O) groups excluding carboxylic acids is 1. The van der Waals surface area contributed by atoms with E-state index in [1.54, 1.807) is 0 Å². The molecule has 0 spiro atoms. The maximum absolute atomic E-state index is 12.0. The number of allylic oxidation sites excluding steroid dienone is 1. The summed E-state index contributed by atoms with van der Waals surface area (Å²) in [7, 11) is 0. The molecule has 0 aliphatic heterocycles. The largest absolute Gasteiger partial charge is 0.545 e. The summed E-state index contributed by atoms with van der Waals surface area (Å²) in [6.45, 7) is -2.43. The van der Waals surface area contributed by atoms with Gasteiger partial charge in [0.25, 0.3) is 0 Å². The Hall–Kier alpha value is -1.00. The molecular weight excluding hydrogens is 197 g/mol. The SMILES string of the molecule is O=C([O-])C(CCF)=C(CCF)CCF. The number of rotatable bonds is 7. The number of hydrogen-bond acceptors (Lipinski definition) is 2. The van der Waals surface area contributed by atoms with Crippen LogP contribution in [0.2, 0.25) is 0 Å². The molecule has 0 amide bonds. The van der Waals surface area contributed by atoms with Gasteiger partial charge in [-0.3, -0.25) is 13.2 Å². The molecule has 0 aromatic carbocycles. The number of carbonyl (C=O) groups is 1. The van der Waals surface area contributed by atoms with E-state index in [2.05, 4.69) is 0 Å². The minimum atomic E-state index is -1.54. The second-order valence-electron chi connectivity index (χ2n) is 2.69. The van der Waals surface area contributed by atoms with Crippen LogP contribution in [0.4, 0.5) is 13.2 Å². The third-order valence-corrected chi connectivity index (χ3v) is 1.81. The third kappa shape index (κ3) is 4.30. The summed E-state index contributed by atoms with van der Waals surface area (Å²) < 4.78 is 35.9. The van der Waals surface area contributed by atoms with Crippen molar-refractivity contribution in [1.82, 2.24) is 0 Å². The van der Waals surface area contributed by atoms with Gasteiger partial charge in [0.05, 0.1) is 26.0 Å². The molecule has 0 aliphatic rings. The van der Waals surface area contributed by atoms with E-state index in [9.17, 15) is 23.1 Å². The quantitative estimate of drug-likeness (QED) is 0.589. The first-order chi connectivity index (χ1) is 6.67. The van der Waals surface area contributed by atoms with E-state index >= 15 is 0 Å². The molecule has 0 bridgehead atoms. The Morgan fingerprint density at radius 1 is 0.929 bits per heavy atom. The maximum atomic E-state index is 12.0. The minimum absolute atomic E-state index is 0.104. The predicted molar refractivity (Wildman–Crippen MR) is 43.8 cm³/mol. The van der Waals surface area contributed by atoms with Gasteiger partial charge in [0.1, 0.15) is 0 Å². The highest BCUT2D eigenvalue weighted by Gasteiger charge is 2.08. The van der Waals surface area contributed by atoms with Crippen LogP contribution >= 0.6 is 0 Å². The van der Waals surface area contributed by atoms with E-state index < -0.39 is 26.0 Å². The van der Waals surface area contributed by atoms with Gasteiger partial charge in [0.15, 0.2) is 0 Å². The molecule has 0 aromatic heterocycles. The molecule has 0 aromatic rings. The molecule has 0 saturated heterocycles. The molecule has 0 saturated carbocycles. The van der Waals surface area contributed by atoms with Crippen molar-refractivity contribution in [2.24, 2.45) is 0 Å². The fourth-order valence-electron chi connectivity index (χ4n) is 1.17. The monoisotopic (exact) mass is 209 g/mol. The molecule has 0 atom stereocenters. The summed E-state index contributed by atoms with van der Waals surface area (Å²) in [6, 6.07) is 0. The van der Waals surface area contributed by atoms with Gasteiger partial charge in [0, 0.05) is 6.42 Å². The smallest absolute Gasteiger partial charge is 0.0935 e. The Bertz CT molecular complexity index is 206. The highest BCUT2D eigenvalue weighted by Crippen LogP contribution is 2.17. The number of hydrogen-bond donors (Lipinski definition) is 0. The highest BCUT2D eigenvalue weighted by molar-refractivity contribution is 5.85. The summed E-state index contributed by atoms with van der Waals surface area (Å²) in [5.74, 6) is -1.54. The molecule has 0 radical (unpaired) electrons. The molecule has 2 nitrogen and oxygen atoms in total. The normalized spacial score (nSPS) is 9.93. The van der Waals surface area contributed by atoms with Crippen LogP contribution in [0, 0.1) is 0 Å². The Morgan fingerprint density at radius 2 is 1.36 bits per heavy atom. The van der Waals surface area contributed by atoms with Gasteiger partial charge in [-0.05, 0) is 18.4 Å². The number of alkyl halides is 3. The van der Waals surface area contributed by atoms with Gasteiger partial charge in [-0.1, -0.05) is 5.57 Å². The lowest BCUT2D eigenvalue weighted by atomic mass is 10.0. The summed E-state index contributed by atoms with van der Waals surface area (Å²) in [5.41, 5.74) is -0.199. The van der Waals surface area contributed by atoms with Gasteiger partial charge in [-0.15, -0.1) is 0 Å². The molecule has 0 fully saturated rings. The van der Waals surface area contributed by atoms with Crippen LogP contribution in [0.25, 0.3) is 0 Å². The van der Waals surface area contributed by atoms with E-state index in [1.807, 2.05) is 0 Å². The van der Waals surface area contributed by atoms with Crippen LogP contribution in [0.15, 0.2) is 11.1 Å². The van der Waals surface area contributed by atoms with Crippen molar-refractivity contribution in [2.45, 2.75) is 19.3 Å². The van der Waals surface area contributed by atoms with Crippen LogP contribution in [-0.4, -0.2) is 26.0 Å². The van der Waals surface area contributed by atoms with Gasteiger partial charge in [-0.25, -0.2) is 0 Å². The maximum Gasteiger partial charge on any atom is 0.0935 e. The first-order valence-electron chi connectivity index (χ1n) is 4.27. The van der Waals surface area contributed by atoms with Gasteiger partial charge >= 0.3 is 0 Å². The molecule has 82 valence electrons. The van der Waals surface area contributed by atoms with Gasteiger partial charge < -0.3 is 9.90 Å². The van der Waals surface area contributed by atoms with Crippen LogP contribution in [0.1, 0.15) is 19.3 Å². The average Bonchev–Trinajstić information content (AvgIpc) is 2.13. The van der Waals surface area contributed by atoms with Crippen LogP contribution < -0.4 is 5.11 Å². The zero-order valence-electron chi connectivity index (χ0n) is 7.69. The number of halogens is 3. The van der Waals surface area contributed by atoms with Crippen LogP contribution in [0.5, 0.6) is 0 Å². The van der Waals surface area contributed by atoms with Crippen molar-refractivity contribution in [3.63, 3.8) is 0 Å². The minimum Gasteiger partial charge on any atom is -0.545 e. The molecule has 0 heterocycles. The first kappa shape index (κ1) is 13.0. The predicted octanol–water partition coefficient (Wildman–Crippen LogP) is 1.11. The fourth-order valence-corrected chi connectivity index (χ4v) is 1.17. The lowest BCUT2D eigenvalue weighted by molar-refractivity contribution is -0.299. The lowest BCUT2D eigenvalue weighted by Crippen LogP contribution is -2.26. The van der Waals surface area contributed by atoms with Crippen molar-refractivity contribution in [2.75, 3.05) is 20.0 Å².